The van der Waals surface area contributed by atoms with E-state index in [1.54, 1.807) is 32.6 Å². The lowest BCUT2D eigenvalue weighted by atomic mass is 9.90. The average Bonchev–Trinajstić information content (AvgIpc) is 2.84. The first-order valence-corrected chi connectivity index (χ1v) is 14.0. The number of nitrogens with zero attached hydrogens (tertiary/aromatic N) is 1. The van der Waals surface area contributed by atoms with E-state index >= 15 is 0 Å². The number of hydrogen-bond acceptors (Lipinski definition) is 6. The minimum Gasteiger partial charge on any atom is -0.466 e. The molecule has 0 aliphatic heterocycles. The number of nitrogens with one attached hydrogen (secondary N) is 2. The highest BCUT2D eigenvalue weighted by molar-refractivity contribution is 5.93. The Hall–Kier alpha value is -3.10. The molecule has 1 aromatic carbocycles. The minimum atomic E-state index is -0.970. The van der Waals surface area contributed by atoms with E-state index in [0.29, 0.717) is 12.8 Å². The predicted molar refractivity (Wildman–Crippen MR) is 152 cm³/mol. The van der Waals surface area contributed by atoms with Gasteiger partial charge in [0.2, 0.25) is 11.8 Å². The van der Waals surface area contributed by atoms with Crippen LogP contribution in [0.1, 0.15) is 97.4 Å². The van der Waals surface area contributed by atoms with Gasteiger partial charge in [0, 0.05) is 12.6 Å². The Labute approximate surface area is 234 Å². The van der Waals surface area contributed by atoms with Crippen LogP contribution < -0.4 is 10.6 Å². The van der Waals surface area contributed by atoms with Gasteiger partial charge in [-0.1, -0.05) is 45.4 Å². The molecule has 2 N–H and O–H groups in total. The quantitative estimate of drug-likeness (QED) is 0.337. The Morgan fingerprint density at radius 1 is 0.974 bits per heavy atom. The van der Waals surface area contributed by atoms with Gasteiger partial charge >= 0.3 is 12.1 Å². The SMILES string of the molecule is CCOC(=O)CCNC(=O)C(c1c(C)cccc1C)N(C(=O)C(NC(=O)OC(C)(C)C)C(C)CC)C(C)CC. The predicted octanol–water partition coefficient (Wildman–Crippen LogP) is 4.98. The van der Waals surface area contributed by atoms with E-state index < -0.39 is 35.7 Å². The summed E-state index contributed by atoms with van der Waals surface area (Å²) in [7, 11) is 0. The molecule has 0 aliphatic carbocycles. The number of esters is 1. The van der Waals surface area contributed by atoms with Crippen LogP contribution in [0.5, 0.6) is 0 Å². The molecule has 0 spiro atoms. The smallest absolute Gasteiger partial charge is 0.408 e. The molecule has 9 nitrogen and oxygen atoms in total. The molecule has 9 heteroatoms. The molecule has 1 aromatic rings. The number of ether oxygens (including phenoxy) is 2. The molecule has 1 rings (SSSR count). The molecule has 4 atom stereocenters. The highest BCUT2D eigenvalue weighted by Crippen LogP contribution is 2.31. The van der Waals surface area contributed by atoms with Crippen molar-refractivity contribution in [3.05, 3.63) is 34.9 Å². The molecule has 0 bridgehead atoms. The largest absolute Gasteiger partial charge is 0.466 e. The lowest BCUT2D eigenvalue weighted by Gasteiger charge is -2.40. The Kier molecular flexibility index (Phi) is 13.5. The van der Waals surface area contributed by atoms with Crippen molar-refractivity contribution in [2.24, 2.45) is 5.92 Å². The van der Waals surface area contributed by atoms with Gasteiger partial charge in [-0.15, -0.1) is 0 Å². The second-order valence-corrected chi connectivity index (χ2v) is 11.1. The molecular formula is C30H49N3O6. The Morgan fingerprint density at radius 3 is 2.05 bits per heavy atom. The summed E-state index contributed by atoms with van der Waals surface area (Å²) < 4.78 is 10.4. The number of carbonyl (C=O) groups is 4. The molecule has 0 fully saturated rings. The highest BCUT2D eigenvalue weighted by Gasteiger charge is 2.41. The molecule has 0 heterocycles. The second kappa shape index (κ2) is 15.5. The van der Waals surface area contributed by atoms with E-state index in [4.69, 9.17) is 9.47 Å². The van der Waals surface area contributed by atoms with Crippen molar-refractivity contribution < 1.29 is 28.7 Å². The van der Waals surface area contributed by atoms with Gasteiger partial charge in [-0.3, -0.25) is 14.4 Å². The number of carbonyl (C=O) groups excluding carboxylic acids is 4. The summed E-state index contributed by atoms with van der Waals surface area (Å²) in [4.78, 5) is 54.4. The van der Waals surface area contributed by atoms with Crippen LogP contribution in [-0.2, 0) is 23.9 Å². The molecular weight excluding hydrogens is 498 g/mol. The summed E-state index contributed by atoms with van der Waals surface area (Å²) in [6.45, 7) is 18.8. The molecule has 0 saturated carbocycles. The van der Waals surface area contributed by atoms with Crippen molar-refractivity contribution in [1.82, 2.24) is 15.5 Å². The van der Waals surface area contributed by atoms with Crippen molar-refractivity contribution in [3.8, 4) is 0 Å². The number of rotatable bonds is 13. The fourth-order valence-electron chi connectivity index (χ4n) is 4.35. The van der Waals surface area contributed by atoms with Crippen LogP contribution in [0.3, 0.4) is 0 Å². The van der Waals surface area contributed by atoms with Crippen molar-refractivity contribution in [1.29, 1.82) is 0 Å². The number of aryl methyl sites for hydroxylation is 2. The van der Waals surface area contributed by atoms with Crippen LogP contribution in [0.2, 0.25) is 0 Å². The van der Waals surface area contributed by atoms with Crippen LogP contribution >= 0.6 is 0 Å². The van der Waals surface area contributed by atoms with Gasteiger partial charge in [0.15, 0.2) is 0 Å². The zero-order valence-electron chi connectivity index (χ0n) is 25.5. The molecule has 0 aromatic heterocycles. The van der Waals surface area contributed by atoms with Crippen LogP contribution in [0.4, 0.5) is 4.79 Å². The second-order valence-electron chi connectivity index (χ2n) is 11.1. The molecule has 0 radical (unpaired) electrons. The molecule has 39 heavy (non-hydrogen) atoms. The third-order valence-electron chi connectivity index (χ3n) is 6.75. The molecule has 0 aliphatic rings. The maximum atomic E-state index is 14.4. The monoisotopic (exact) mass is 547 g/mol. The fraction of sp³-hybridized carbons (Fsp3) is 0.667. The summed E-state index contributed by atoms with van der Waals surface area (Å²) in [6.07, 6.45) is 0.544. The maximum Gasteiger partial charge on any atom is 0.408 e. The van der Waals surface area contributed by atoms with Crippen LogP contribution in [0.15, 0.2) is 18.2 Å². The lowest BCUT2D eigenvalue weighted by molar-refractivity contribution is -0.146. The van der Waals surface area contributed by atoms with Gasteiger partial charge in [-0.2, -0.15) is 0 Å². The fourth-order valence-corrected chi connectivity index (χ4v) is 4.35. The van der Waals surface area contributed by atoms with Gasteiger partial charge in [0.1, 0.15) is 17.7 Å². The van der Waals surface area contributed by atoms with Crippen LogP contribution in [0.25, 0.3) is 0 Å². The number of alkyl carbamates (subject to hydrolysis) is 1. The Morgan fingerprint density at radius 2 is 1.56 bits per heavy atom. The Bertz CT molecular complexity index is 967. The van der Waals surface area contributed by atoms with Crippen LogP contribution in [0, 0.1) is 19.8 Å². The summed E-state index contributed by atoms with van der Waals surface area (Å²) >= 11 is 0. The van der Waals surface area contributed by atoms with Crippen molar-refractivity contribution in [3.63, 3.8) is 0 Å². The van der Waals surface area contributed by atoms with E-state index in [0.717, 1.165) is 16.7 Å². The normalized spacial score (nSPS) is 14.4. The summed E-state index contributed by atoms with van der Waals surface area (Å²) in [5, 5.41) is 5.63. The van der Waals surface area contributed by atoms with E-state index in [2.05, 4.69) is 10.6 Å². The lowest BCUT2D eigenvalue weighted by Crippen LogP contribution is -2.57. The maximum absolute atomic E-state index is 14.4. The third kappa shape index (κ3) is 10.2. The van der Waals surface area contributed by atoms with Crippen molar-refractivity contribution in [2.45, 2.75) is 112 Å². The van der Waals surface area contributed by atoms with Crippen molar-refractivity contribution >= 4 is 23.9 Å². The summed E-state index contributed by atoms with van der Waals surface area (Å²) in [5.41, 5.74) is 1.71. The van der Waals surface area contributed by atoms with E-state index in [1.807, 2.05) is 59.7 Å². The van der Waals surface area contributed by atoms with Gasteiger partial charge in [0.25, 0.3) is 0 Å². The summed E-state index contributed by atoms with van der Waals surface area (Å²) in [5.74, 6) is -1.39. The van der Waals surface area contributed by atoms with Crippen molar-refractivity contribution in [2.75, 3.05) is 13.2 Å². The number of benzene rings is 1. The standard InChI is InChI=1S/C30H49N3O6/c1-11-19(4)25(32-29(37)39-30(8,9)10)28(36)33(22(7)12-2)26(24-20(5)15-14-16-21(24)6)27(35)31-18-17-23(34)38-13-3/h14-16,19,22,25-26H,11-13,17-18H2,1-10H3,(H,31,35)(H,32,37). The Balaban J connectivity index is 3.58. The number of amides is 3. The number of hydrogen-bond donors (Lipinski definition) is 2. The topological polar surface area (TPSA) is 114 Å². The van der Waals surface area contributed by atoms with Crippen LogP contribution in [-0.4, -0.2) is 59.6 Å². The van der Waals surface area contributed by atoms with Gasteiger partial charge < -0.3 is 25.0 Å². The van der Waals surface area contributed by atoms with Gasteiger partial charge in [-0.25, -0.2) is 4.79 Å². The van der Waals surface area contributed by atoms with E-state index in [9.17, 15) is 19.2 Å². The first-order valence-electron chi connectivity index (χ1n) is 14.0. The van der Waals surface area contributed by atoms with Gasteiger partial charge in [0.05, 0.1) is 13.0 Å². The first kappa shape index (κ1) is 33.9. The first-order chi connectivity index (χ1) is 18.2. The zero-order valence-corrected chi connectivity index (χ0v) is 25.5. The molecule has 0 saturated heterocycles. The summed E-state index contributed by atoms with van der Waals surface area (Å²) in [6, 6.07) is 3.52. The molecule has 3 amide bonds. The molecule has 220 valence electrons. The average molecular weight is 548 g/mol. The van der Waals surface area contributed by atoms with Gasteiger partial charge in [-0.05, 0) is 77.5 Å². The minimum absolute atomic E-state index is 0.0199. The third-order valence-corrected chi connectivity index (χ3v) is 6.75. The highest BCUT2D eigenvalue weighted by atomic mass is 16.6. The van der Waals surface area contributed by atoms with E-state index in [1.165, 1.54) is 0 Å². The zero-order chi connectivity index (χ0) is 29.9. The molecule has 4 unspecified atom stereocenters. The van der Waals surface area contributed by atoms with E-state index in [-0.39, 0.29) is 37.4 Å².